The maximum atomic E-state index is 13.5. The molecule has 0 aliphatic rings. The van der Waals surface area contributed by atoms with Crippen LogP contribution in [0.2, 0.25) is 0 Å². The highest BCUT2D eigenvalue weighted by molar-refractivity contribution is 7.22. The topological polar surface area (TPSA) is 54.3 Å². The molecule has 0 N–H and O–H groups in total. The number of halogens is 1. The lowest BCUT2D eigenvalue weighted by Crippen LogP contribution is -2.39. The largest absolute Gasteiger partial charge is 0.302 e. The van der Waals surface area contributed by atoms with Crippen molar-refractivity contribution in [3.05, 3.63) is 41.7 Å². The lowest BCUT2D eigenvalue weighted by Gasteiger charge is -2.25. The van der Waals surface area contributed by atoms with Crippen LogP contribution in [-0.4, -0.2) is 51.8 Å². The Balaban J connectivity index is 0.00000300. The number of anilines is 1. The normalized spacial score (nSPS) is 11.3. The minimum atomic E-state index is -0.0471. The summed E-state index contributed by atoms with van der Waals surface area (Å²) in [7, 11) is 0. The first-order valence-electron chi connectivity index (χ1n) is 9.89. The molecule has 0 aliphatic carbocycles. The molecule has 3 rings (SSSR count). The molecule has 2 aromatic heterocycles. The van der Waals surface area contributed by atoms with Crippen LogP contribution >= 0.6 is 23.7 Å². The van der Waals surface area contributed by atoms with Crippen LogP contribution in [-0.2, 0) is 0 Å². The molecule has 8 heteroatoms. The van der Waals surface area contributed by atoms with Crippen molar-refractivity contribution < 1.29 is 4.79 Å². The molecule has 0 radical (unpaired) electrons. The molecule has 0 saturated heterocycles. The van der Waals surface area contributed by atoms with Crippen molar-refractivity contribution in [3.63, 3.8) is 0 Å². The highest BCUT2D eigenvalue weighted by atomic mass is 35.5. The van der Waals surface area contributed by atoms with Gasteiger partial charge >= 0.3 is 0 Å². The summed E-state index contributed by atoms with van der Waals surface area (Å²) in [6.45, 7) is 13.8. The van der Waals surface area contributed by atoms with Gasteiger partial charge in [-0.25, -0.2) is 4.98 Å². The lowest BCUT2D eigenvalue weighted by atomic mass is 10.2. The maximum absolute atomic E-state index is 13.5. The quantitative estimate of drug-likeness (QED) is 0.510. The number of benzene rings is 1. The second kappa shape index (κ2) is 10.2. The Labute approximate surface area is 182 Å². The zero-order valence-electron chi connectivity index (χ0n) is 17.8. The highest BCUT2D eigenvalue weighted by Crippen LogP contribution is 2.30. The average molecular weight is 436 g/mol. The third kappa shape index (κ3) is 5.15. The number of carbonyl (C=O) groups is 1. The Hall–Kier alpha value is -1.96. The molecule has 6 nitrogen and oxygen atoms in total. The van der Waals surface area contributed by atoms with E-state index in [0.717, 1.165) is 35.0 Å². The van der Waals surface area contributed by atoms with Crippen LogP contribution in [0, 0.1) is 6.92 Å². The van der Waals surface area contributed by atoms with E-state index >= 15 is 0 Å². The molecule has 29 heavy (non-hydrogen) atoms. The second-order valence-electron chi connectivity index (χ2n) is 7.21. The van der Waals surface area contributed by atoms with Crippen LogP contribution in [0.1, 0.15) is 49.8 Å². The third-order valence-electron chi connectivity index (χ3n) is 4.92. The van der Waals surface area contributed by atoms with Crippen LogP contribution in [0.3, 0.4) is 0 Å². The number of aromatic nitrogens is 3. The molecule has 0 bridgehead atoms. The summed E-state index contributed by atoms with van der Waals surface area (Å²) in [6.07, 6.45) is 1.69. The molecule has 1 aromatic carbocycles. The van der Waals surface area contributed by atoms with Crippen molar-refractivity contribution >= 4 is 45.0 Å². The van der Waals surface area contributed by atoms with E-state index in [1.54, 1.807) is 28.3 Å². The number of likely N-dealkylation sites (N-methyl/N-ethyl adjacent to an activating group) is 1. The Bertz CT molecular complexity index is 948. The third-order valence-corrected chi connectivity index (χ3v) is 5.96. The molecule has 3 aromatic rings. The lowest BCUT2D eigenvalue weighted by molar-refractivity contribution is 0.0971. The van der Waals surface area contributed by atoms with Crippen molar-refractivity contribution in [1.82, 2.24) is 19.7 Å². The molecule has 0 fully saturated rings. The van der Waals surface area contributed by atoms with E-state index in [1.165, 1.54) is 5.56 Å². The summed E-state index contributed by atoms with van der Waals surface area (Å²) >= 11 is 1.57. The van der Waals surface area contributed by atoms with Crippen molar-refractivity contribution in [1.29, 1.82) is 0 Å². The van der Waals surface area contributed by atoms with Crippen molar-refractivity contribution in [2.75, 3.05) is 31.1 Å². The monoisotopic (exact) mass is 435 g/mol. The van der Waals surface area contributed by atoms with E-state index in [9.17, 15) is 4.79 Å². The van der Waals surface area contributed by atoms with Crippen LogP contribution in [0.4, 0.5) is 5.13 Å². The molecule has 0 unspecified atom stereocenters. The summed E-state index contributed by atoms with van der Waals surface area (Å²) < 4.78 is 2.89. The first-order chi connectivity index (χ1) is 13.4. The van der Waals surface area contributed by atoms with E-state index in [0.29, 0.717) is 12.2 Å². The van der Waals surface area contributed by atoms with E-state index in [4.69, 9.17) is 4.98 Å². The SMILES string of the molecule is CCN(CC)CCN(C(=O)c1ccnn1C(C)C)c1nc2ccc(C)cc2s1.Cl. The Morgan fingerprint density at radius 1 is 1.17 bits per heavy atom. The number of amides is 1. The Morgan fingerprint density at radius 3 is 2.55 bits per heavy atom. The fourth-order valence-corrected chi connectivity index (χ4v) is 4.32. The van der Waals surface area contributed by atoms with E-state index < -0.39 is 0 Å². The average Bonchev–Trinajstić information content (AvgIpc) is 3.31. The molecule has 158 valence electrons. The van der Waals surface area contributed by atoms with Crippen LogP contribution < -0.4 is 4.90 Å². The summed E-state index contributed by atoms with van der Waals surface area (Å²) in [5.41, 5.74) is 2.73. The second-order valence-corrected chi connectivity index (χ2v) is 8.22. The van der Waals surface area contributed by atoms with Crippen molar-refractivity contribution in [2.24, 2.45) is 0 Å². The number of carbonyl (C=O) groups excluding carboxylic acids is 1. The van der Waals surface area contributed by atoms with Gasteiger partial charge < -0.3 is 4.90 Å². The first kappa shape index (κ1) is 23.3. The predicted molar refractivity (Wildman–Crippen MR) is 124 cm³/mol. The van der Waals surface area contributed by atoms with E-state index in [2.05, 4.69) is 42.9 Å². The fraction of sp³-hybridized carbons (Fsp3) is 0.476. The number of rotatable bonds is 8. The highest BCUT2D eigenvalue weighted by Gasteiger charge is 2.25. The Morgan fingerprint density at radius 2 is 1.90 bits per heavy atom. The molecule has 0 spiro atoms. The molecule has 0 saturated carbocycles. The smallest absolute Gasteiger partial charge is 0.278 e. The molecular formula is C21H30ClN5OS. The molecule has 0 atom stereocenters. The van der Waals surface area contributed by atoms with Crippen LogP contribution in [0.5, 0.6) is 0 Å². The summed E-state index contributed by atoms with van der Waals surface area (Å²) in [6, 6.07) is 8.13. The van der Waals surface area contributed by atoms with Gasteiger partial charge in [-0.2, -0.15) is 5.10 Å². The molecule has 2 heterocycles. The Kier molecular flexibility index (Phi) is 8.19. The van der Waals surface area contributed by atoms with Gasteiger partial charge in [-0.05, 0) is 57.6 Å². The van der Waals surface area contributed by atoms with Gasteiger partial charge in [-0.15, -0.1) is 12.4 Å². The molecular weight excluding hydrogens is 406 g/mol. The van der Waals surface area contributed by atoms with Gasteiger partial charge in [-0.3, -0.25) is 14.4 Å². The summed E-state index contributed by atoms with van der Waals surface area (Å²) in [5, 5.41) is 5.08. The number of thiazole rings is 1. The van der Waals surface area contributed by atoms with Gasteiger partial charge in [-0.1, -0.05) is 31.3 Å². The van der Waals surface area contributed by atoms with Gasteiger partial charge in [0, 0.05) is 25.3 Å². The number of nitrogens with zero attached hydrogens (tertiary/aromatic N) is 5. The minimum absolute atomic E-state index is 0. The number of hydrogen-bond acceptors (Lipinski definition) is 5. The summed E-state index contributed by atoms with van der Waals surface area (Å²) in [5.74, 6) is -0.0471. The number of aryl methyl sites for hydroxylation is 1. The van der Waals surface area contributed by atoms with E-state index in [1.807, 2.05) is 24.8 Å². The zero-order chi connectivity index (χ0) is 20.3. The summed E-state index contributed by atoms with van der Waals surface area (Å²) in [4.78, 5) is 22.4. The predicted octanol–water partition coefficient (Wildman–Crippen LogP) is 4.79. The fourth-order valence-electron chi connectivity index (χ4n) is 3.23. The van der Waals surface area contributed by atoms with Crippen molar-refractivity contribution in [3.8, 4) is 0 Å². The standard InChI is InChI=1S/C21H29N5OS.ClH/c1-6-24(7-2)12-13-25(20(27)18-10-11-22-26(18)15(3)4)21-23-17-9-8-16(5)14-19(17)28-21;/h8-11,14-15H,6-7,12-13H2,1-5H3;1H. The van der Waals surface area contributed by atoms with Crippen molar-refractivity contribution in [2.45, 2.75) is 40.7 Å². The van der Waals surface area contributed by atoms with Gasteiger partial charge in [0.25, 0.3) is 5.91 Å². The molecule has 1 amide bonds. The maximum Gasteiger partial charge on any atom is 0.278 e. The molecule has 0 aliphatic heterocycles. The first-order valence-corrected chi connectivity index (χ1v) is 10.7. The van der Waals surface area contributed by atoms with Crippen LogP contribution in [0.15, 0.2) is 30.5 Å². The van der Waals surface area contributed by atoms with E-state index in [-0.39, 0.29) is 24.4 Å². The number of hydrogen-bond donors (Lipinski definition) is 0. The number of fused-ring (bicyclic) bond motifs is 1. The zero-order valence-corrected chi connectivity index (χ0v) is 19.4. The van der Waals surface area contributed by atoms with Gasteiger partial charge in [0.15, 0.2) is 5.13 Å². The van der Waals surface area contributed by atoms with Crippen LogP contribution in [0.25, 0.3) is 10.2 Å². The van der Waals surface area contributed by atoms with Gasteiger partial charge in [0.05, 0.1) is 10.2 Å². The minimum Gasteiger partial charge on any atom is -0.302 e. The van der Waals surface area contributed by atoms with Gasteiger partial charge in [0.1, 0.15) is 5.69 Å². The van der Waals surface area contributed by atoms with Gasteiger partial charge in [0.2, 0.25) is 0 Å².